The summed E-state index contributed by atoms with van der Waals surface area (Å²) in [6, 6.07) is 14.0. The third-order valence-corrected chi connectivity index (χ3v) is 5.01. The van der Waals surface area contributed by atoms with Gasteiger partial charge in [0.15, 0.2) is 0 Å². The van der Waals surface area contributed by atoms with Crippen LogP contribution in [0.2, 0.25) is 0 Å². The molecule has 2 aromatic rings. The number of sulfonamides is 1. The standard InChI is InChI=1S/C18H22N2O4S/c1-3-4-14-24-20(18(21)19-16-8-6-5-7-9-16)25(22,23)17-12-10-15(2)11-13-17/h5-13H,3-4,14H2,1-2H3,(H,19,21). The zero-order valence-corrected chi connectivity index (χ0v) is 15.1. The molecule has 0 aliphatic heterocycles. The molecule has 0 fully saturated rings. The first-order chi connectivity index (χ1) is 11.9. The van der Waals surface area contributed by atoms with Gasteiger partial charge in [0.2, 0.25) is 0 Å². The summed E-state index contributed by atoms with van der Waals surface area (Å²) in [5.74, 6) is 0. The van der Waals surface area contributed by atoms with E-state index in [1.165, 1.54) is 12.1 Å². The smallest absolute Gasteiger partial charge is 0.305 e. The molecule has 0 aliphatic carbocycles. The topological polar surface area (TPSA) is 75.7 Å². The Hall–Kier alpha value is -2.38. The average molecular weight is 362 g/mol. The van der Waals surface area contributed by atoms with E-state index < -0.39 is 16.1 Å². The van der Waals surface area contributed by atoms with E-state index in [-0.39, 0.29) is 11.5 Å². The van der Waals surface area contributed by atoms with E-state index in [1.807, 2.05) is 13.8 Å². The van der Waals surface area contributed by atoms with Crippen molar-refractivity contribution in [1.82, 2.24) is 4.47 Å². The minimum Gasteiger partial charge on any atom is -0.305 e. The number of nitrogens with one attached hydrogen (secondary N) is 1. The molecule has 0 bridgehead atoms. The minimum atomic E-state index is -4.12. The average Bonchev–Trinajstić information content (AvgIpc) is 2.59. The minimum absolute atomic E-state index is 0.00203. The molecule has 0 saturated heterocycles. The van der Waals surface area contributed by atoms with Gasteiger partial charge in [-0.15, -0.1) is 0 Å². The van der Waals surface area contributed by atoms with Crippen LogP contribution in [-0.4, -0.2) is 25.5 Å². The SMILES string of the molecule is CCCCON(C(=O)Nc1ccccc1)S(=O)(=O)c1ccc(C)cc1. The first kappa shape index (κ1) is 19.0. The van der Waals surface area contributed by atoms with E-state index >= 15 is 0 Å². The molecule has 134 valence electrons. The summed E-state index contributed by atoms with van der Waals surface area (Å²) >= 11 is 0. The van der Waals surface area contributed by atoms with Crippen molar-refractivity contribution in [2.45, 2.75) is 31.6 Å². The molecule has 1 N–H and O–H groups in total. The van der Waals surface area contributed by atoms with Crippen LogP contribution in [-0.2, 0) is 14.9 Å². The lowest BCUT2D eigenvalue weighted by molar-refractivity contribution is -0.0452. The normalized spacial score (nSPS) is 11.1. The van der Waals surface area contributed by atoms with E-state index in [1.54, 1.807) is 42.5 Å². The predicted octanol–water partition coefficient (Wildman–Crippen LogP) is 3.95. The molecule has 0 radical (unpaired) electrons. The van der Waals surface area contributed by atoms with Crippen LogP contribution in [0.15, 0.2) is 59.5 Å². The van der Waals surface area contributed by atoms with Gasteiger partial charge >= 0.3 is 6.03 Å². The highest BCUT2D eigenvalue weighted by molar-refractivity contribution is 7.89. The van der Waals surface area contributed by atoms with Gasteiger partial charge in [0, 0.05) is 5.69 Å². The van der Waals surface area contributed by atoms with Gasteiger partial charge in [-0.1, -0.05) is 53.7 Å². The summed E-state index contributed by atoms with van der Waals surface area (Å²) in [5.41, 5.74) is 1.40. The summed E-state index contributed by atoms with van der Waals surface area (Å²) in [6.07, 6.45) is 1.46. The summed E-state index contributed by atoms with van der Waals surface area (Å²) in [5, 5.41) is 2.54. The first-order valence-corrected chi connectivity index (χ1v) is 9.50. The van der Waals surface area contributed by atoms with Crippen molar-refractivity contribution >= 4 is 21.7 Å². The van der Waals surface area contributed by atoms with Crippen LogP contribution < -0.4 is 5.32 Å². The van der Waals surface area contributed by atoms with Gasteiger partial charge in [-0.2, -0.15) is 8.42 Å². The Balaban J connectivity index is 2.27. The van der Waals surface area contributed by atoms with E-state index in [0.717, 1.165) is 12.0 Å². The molecule has 0 heterocycles. The maximum absolute atomic E-state index is 12.8. The van der Waals surface area contributed by atoms with Crippen LogP contribution in [0.1, 0.15) is 25.3 Å². The van der Waals surface area contributed by atoms with Gasteiger partial charge in [0.1, 0.15) is 0 Å². The van der Waals surface area contributed by atoms with E-state index in [0.29, 0.717) is 16.6 Å². The van der Waals surface area contributed by atoms with Gasteiger partial charge in [0.05, 0.1) is 11.5 Å². The molecular formula is C18H22N2O4S. The maximum atomic E-state index is 12.8. The number of rotatable bonds is 7. The van der Waals surface area contributed by atoms with Crippen LogP contribution >= 0.6 is 0 Å². The highest BCUT2D eigenvalue weighted by Gasteiger charge is 2.31. The second-order valence-electron chi connectivity index (χ2n) is 5.53. The monoisotopic (exact) mass is 362 g/mol. The molecule has 2 amide bonds. The molecule has 0 aliphatic rings. The molecule has 6 nitrogen and oxygen atoms in total. The molecule has 25 heavy (non-hydrogen) atoms. The molecule has 0 spiro atoms. The Morgan fingerprint density at radius 1 is 1.08 bits per heavy atom. The number of nitrogens with zero attached hydrogens (tertiary/aromatic N) is 1. The van der Waals surface area contributed by atoms with Crippen LogP contribution in [0, 0.1) is 6.92 Å². The van der Waals surface area contributed by atoms with Gasteiger partial charge in [0.25, 0.3) is 10.0 Å². The zero-order valence-electron chi connectivity index (χ0n) is 14.3. The van der Waals surface area contributed by atoms with Gasteiger partial charge in [-0.3, -0.25) is 4.84 Å². The maximum Gasteiger partial charge on any atom is 0.360 e. The molecule has 0 aromatic heterocycles. The number of carbonyl (C=O) groups excluding carboxylic acids is 1. The van der Waals surface area contributed by atoms with Crippen molar-refractivity contribution in [3.05, 3.63) is 60.2 Å². The Morgan fingerprint density at radius 3 is 2.32 bits per heavy atom. The number of para-hydroxylation sites is 1. The Kier molecular flexibility index (Phi) is 6.55. The fourth-order valence-electron chi connectivity index (χ4n) is 2.03. The largest absolute Gasteiger partial charge is 0.360 e. The number of unbranched alkanes of at least 4 members (excludes halogenated alkanes) is 1. The lowest BCUT2D eigenvalue weighted by atomic mass is 10.2. The van der Waals surface area contributed by atoms with Crippen LogP contribution in [0.3, 0.4) is 0 Å². The second-order valence-corrected chi connectivity index (χ2v) is 7.28. The van der Waals surface area contributed by atoms with Gasteiger partial charge in [-0.05, 0) is 37.6 Å². The van der Waals surface area contributed by atoms with Crippen LogP contribution in [0.25, 0.3) is 0 Å². The molecule has 2 rings (SSSR count). The number of amides is 2. The number of hydrogen-bond acceptors (Lipinski definition) is 4. The van der Waals surface area contributed by atoms with Crippen LogP contribution in [0.4, 0.5) is 10.5 Å². The quantitative estimate of drug-likeness (QED) is 0.598. The number of anilines is 1. The van der Waals surface area contributed by atoms with E-state index in [9.17, 15) is 13.2 Å². The number of hydrogen-bond donors (Lipinski definition) is 1. The number of aryl methyl sites for hydroxylation is 1. The van der Waals surface area contributed by atoms with Crippen molar-refractivity contribution in [2.75, 3.05) is 11.9 Å². The fourth-order valence-corrected chi connectivity index (χ4v) is 3.17. The Labute approximate surface area is 148 Å². The van der Waals surface area contributed by atoms with Gasteiger partial charge < -0.3 is 5.32 Å². The zero-order chi connectivity index (χ0) is 18.3. The molecule has 0 unspecified atom stereocenters. The summed E-state index contributed by atoms with van der Waals surface area (Å²) < 4.78 is 26.1. The number of carbonyl (C=O) groups is 1. The van der Waals surface area contributed by atoms with Crippen molar-refractivity contribution in [1.29, 1.82) is 0 Å². The molecule has 0 atom stereocenters. The Morgan fingerprint density at radius 2 is 1.72 bits per heavy atom. The lowest BCUT2D eigenvalue weighted by Gasteiger charge is -2.22. The number of benzene rings is 2. The van der Waals surface area contributed by atoms with E-state index in [4.69, 9.17) is 4.84 Å². The van der Waals surface area contributed by atoms with Crippen molar-refractivity contribution in [3.63, 3.8) is 0 Å². The van der Waals surface area contributed by atoms with Gasteiger partial charge in [-0.25, -0.2) is 4.79 Å². The lowest BCUT2D eigenvalue weighted by Crippen LogP contribution is -2.40. The highest BCUT2D eigenvalue weighted by atomic mass is 32.2. The summed E-state index contributed by atoms with van der Waals surface area (Å²) in [7, 11) is -4.12. The predicted molar refractivity (Wildman–Crippen MR) is 96.5 cm³/mol. The molecular weight excluding hydrogens is 340 g/mol. The van der Waals surface area contributed by atoms with Crippen molar-refractivity contribution in [2.24, 2.45) is 0 Å². The highest BCUT2D eigenvalue weighted by Crippen LogP contribution is 2.19. The third kappa shape index (κ3) is 5.04. The Bertz CT molecular complexity index is 790. The summed E-state index contributed by atoms with van der Waals surface area (Å²) in [4.78, 5) is 17.8. The number of hydroxylamine groups is 1. The van der Waals surface area contributed by atoms with Crippen LogP contribution in [0.5, 0.6) is 0 Å². The molecule has 7 heteroatoms. The third-order valence-electron chi connectivity index (χ3n) is 3.43. The van der Waals surface area contributed by atoms with E-state index in [2.05, 4.69) is 5.32 Å². The molecule has 2 aromatic carbocycles. The van der Waals surface area contributed by atoms with Crippen molar-refractivity contribution in [3.8, 4) is 0 Å². The van der Waals surface area contributed by atoms with Crippen molar-refractivity contribution < 1.29 is 18.0 Å². The second kappa shape index (κ2) is 8.64. The number of urea groups is 1. The fraction of sp³-hybridized carbons (Fsp3) is 0.278. The summed E-state index contributed by atoms with van der Waals surface area (Å²) in [6.45, 7) is 3.93. The molecule has 0 saturated carbocycles. The first-order valence-electron chi connectivity index (χ1n) is 8.06.